The molecular weight excluding hydrogens is 280 g/mol. The Balaban J connectivity index is 2.42. The molecule has 1 amide bonds. The molecule has 5 heteroatoms. The summed E-state index contributed by atoms with van der Waals surface area (Å²) in [5.74, 6) is 0.169. The summed E-state index contributed by atoms with van der Waals surface area (Å²) in [5.41, 5.74) is 0. The van der Waals surface area contributed by atoms with Crippen LogP contribution in [0.25, 0.3) is 0 Å². The third-order valence-corrected chi connectivity index (χ3v) is 4.30. The maximum atomic E-state index is 12.1. The Bertz CT molecular complexity index is 395. The van der Waals surface area contributed by atoms with Gasteiger partial charge >= 0.3 is 0 Å². The molecule has 0 unspecified atom stereocenters. The summed E-state index contributed by atoms with van der Waals surface area (Å²) in [6, 6.07) is 3.85. The minimum Gasteiger partial charge on any atom is -0.340 e. The Labute approximate surface area is 125 Å². The standard InChI is InChI=1S/C14H23ClN2OS/c1-4-6-9-17(5-2)11-14(18)16(3)10-12-7-8-13(15)19-12/h7-8H,4-6,9-11H2,1-3H3. The van der Waals surface area contributed by atoms with Crippen LogP contribution < -0.4 is 0 Å². The Morgan fingerprint density at radius 2 is 2.11 bits per heavy atom. The van der Waals surface area contributed by atoms with Gasteiger partial charge < -0.3 is 4.90 Å². The molecule has 19 heavy (non-hydrogen) atoms. The van der Waals surface area contributed by atoms with Crippen molar-refractivity contribution < 1.29 is 4.79 Å². The molecule has 1 aromatic heterocycles. The summed E-state index contributed by atoms with van der Waals surface area (Å²) in [7, 11) is 1.85. The number of hydrogen-bond donors (Lipinski definition) is 0. The molecule has 0 aromatic carbocycles. The summed E-state index contributed by atoms with van der Waals surface area (Å²) >= 11 is 7.42. The van der Waals surface area contributed by atoms with E-state index in [1.807, 2.05) is 19.2 Å². The van der Waals surface area contributed by atoms with Gasteiger partial charge in [0.2, 0.25) is 5.91 Å². The fourth-order valence-corrected chi connectivity index (χ4v) is 2.94. The van der Waals surface area contributed by atoms with Crippen LogP contribution in [-0.4, -0.2) is 42.4 Å². The lowest BCUT2D eigenvalue weighted by Crippen LogP contribution is -2.38. The molecule has 0 radical (unpaired) electrons. The molecular formula is C14H23ClN2OS. The van der Waals surface area contributed by atoms with Crippen molar-refractivity contribution in [1.82, 2.24) is 9.80 Å². The van der Waals surface area contributed by atoms with Crippen LogP contribution in [0, 0.1) is 0 Å². The third-order valence-electron chi connectivity index (χ3n) is 3.08. The number of rotatable bonds is 8. The fourth-order valence-electron chi connectivity index (χ4n) is 1.80. The zero-order valence-electron chi connectivity index (χ0n) is 12.0. The molecule has 1 rings (SSSR count). The van der Waals surface area contributed by atoms with Crippen molar-refractivity contribution in [3.05, 3.63) is 21.3 Å². The van der Waals surface area contributed by atoms with Crippen LogP contribution >= 0.6 is 22.9 Å². The average molecular weight is 303 g/mol. The lowest BCUT2D eigenvalue weighted by atomic mass is 10.3. The predicted molar refractivity (Wildman–Crippen MR) is 82.8 cm³/mol. The lowest BCUT2D eigenvalue weighted by molar-refractivity contribution is -0.131. The van der Waals surface area contributed by atoms with Gasteiger partial charge in [-0.25, -0.2) is 0 Å². The Kier molecular flexibility index (Phi) is 7.42. The number of hydrogen-bond acceptors (Lipinski definition) is 3. The van der Waals surface area contributed by atoms with Crippen molar-refractivity contribution in [2.75, 3.05) is 26.7 Å². The molecule has 0 atom stereocenters. The van der Waals surface area contributed by atoms with Crippen molar-refractivity contribution in [1.29, 1.82) is 0 Å². The Hall–Kier alpha value is -0.580. The van der Waals surface area contributed by atoms with Gasteiger partial charge in [0.15, 0.2) is 0 Å². The maximum Gasteiger partial charge on any atom is 0.236 e. The molecule has 1 heterocycles. The van der Waals surface area contributed by atoms with Crippen LogP contribution in [0.15, 0.2) is 12.1 Å². The first-order chi connectivity index (χ1) is 9.06. The quantitative estimate of drug-likeness (QED) is 0.734. The van der Waals surface area contributed by atoms with E-state index in [1.165, 1.54) is 11.3 Å². The van der Waals surface area contributed by atoms with E-state index in [-0.39, 0.29) is 5.91 Å². The highest BCUT2D eigenvalue weighted by Gasteiger charge is 2.14. The van der Waals surface area contributed by atoms with E-state index >= 15 is 0 Å². The van der Waals surface area contributed by atoms with E-state index in [0.29, 0.717) is 13.1 Å². The van der Waals surface area contributed by atoms with E-state index in [9.17, 15) is 4.79 Å². The van der Waals surface area contributed by atoms with E-state index in [4.69, 9.17) is 11.6 Å². The molecule has 0 bridgehead atoms. The fraction of sp³-hybridized carbons (Fsp3) is 0.643. The van der Waals surface area contributed by atoms with Crippen LogP contribution in [0.1, 0.15) is 31.6 Å². The molecule has 0 aliphatic carbocycles. The lowest BCUT2D eigenvalue weighted by Gasteiger charge is -2.23. The van der Waals surface area contributed by atoms with Gasteiger partial charge in [-0.2, -0.15) is 0 Å². The van der Waals surface area contributed by atoms with Crippen molar-refractivity contribution in [2.24, 2.45) is 0 Å². The SMILES string of the molecule is CCCCN(CC)CC(=O)N(C)Cc1ccc(Cl)s1. The number of carbonyl (C=O) groups excluding carboxylic acids is 1. The second kappa shape index (κ2) is 8.56. The molecule has 0 aliphatic rings. The average Bonchev–Trinajstić information content (AvgIpc) is 2.79. The first-order valence-corrected chi connectivity index (χ1v) is 7.96. The molecule has 0 saturated carbocycles. The summed E-state index contributed by atoms with van der Waals surface area (Å²) in [6.07, 6.45) is 2.31. The van der Waals surface area contributed by atoms with Crippen molar-refractivity contribution >= 4 is 28.8 Å². The van der Waals surface area contributed by atoms with E-state index < -0.39 is 0 Å². The van der Waals surface area contributed by atoms with Gasteiger partial charge in [-0.05, 0) is 31.6 Å². The van der Waals surface area contributed by atoms with Gasteiger partial charge in [0, 0.05) is 11.9 Å². The van der Waals surface area contributed by atoms with Crippen molar-refractivity contribution in [3.8, 4) is 0 Å². The van der Waals surface area contributed by atoms with Gasteiger partial charge in [0.25, 0.3) is 0 Å². The molecule has 108 valence electrons. The smallest absolute Gasteiger partial charge is 0.236 e. The highest BCUT2D eigenvalue weighted by molar-refractivity contribution is 7.16. The monoisotopic (exact) mass is 302 g/mol. The Morgan fingerprint density at radius 3 is 2.63 bits per heavy atom. The van der Waals surface area contributed by atoms with Gasteiger partial charge in [-0.3, -0.25) is 9.69 Å². The number of unbranched alkanes of at least 4 members (excludes halogenated alkanes) is 1. The number of halogens is 1. The molecule has 0 spiro atoms. The molecule has 0 N–H and O–H groups in total. The zero-order chi connectivity index (χ0) is 14.3. The topological polar surface area (TPSA) is 23.6 Å². The van der Waals surface area contributed by atoms with Crippen molar-refractivity contribution in [3.63, 3.8) is 0 Å². The largest absolute Gasteiger partial charge is 0.340 e. The molecule has 3 nitrogen and oxygen atoms in total. The van der Waals surface area contributed by atoms with Gasteiger partial charge in [-0.1, -0.05) is 31.9 Å². The highest BCUT2D eigenvalue weighted by Crippen LogP contribution is 2.22. The van der Waals surface area contributed by atoms with Crippen LogP contribution in [-0.2, 0) is 11.3 Å². The number of amides is 1. The van der Waals surface area contributed by atoms with Crippen molar-refractivity contribution in [2.45, 2.75) is 33.2 Å². The maximum absolute atomic E-state index is 12.1. The van der Waals surface area contributed by atoms with Gasteiger partial charge in [-0.15, -0.1) is 11.3 Å². The van der Waals surface area contributed by atoms with Crippen LogP contribution in [0.4, 0.5) is 0 Å². The van der Waals surface area contributed by atoms with Gasteiger partial charge in [0.05, 0.1) is 17.4 Å². The van der Waals surface area contributed by atoms with Gasteiger partial charge in [0.1, 0.15) is 0 Å². The molecule has 0 fully saturated rings. The number of likely N-dealkylation sites (N-methyl/N-ethyl adjacent to an activating group) is 2. The van der Waals surface area contributed by atoms with Crippen LogP contribution in [0.5, 0.6) is 0 Å². The predicted octanol–water partition coefficient (Wildman–Crippen LogP) is 3.48. The summed E-state index contributed by atoms with van der Waals surface area (Å²) in [6.45, 7) is 7.33. The molecule has 0 aliphatic heterocycles. The number of nitrogens with zero attached hydrogens (tertiary/aromatic N) is 2. The van der Waals surface area contributed by atoms with Crippen LogP contribution in [0.3, 0.4) is 0 Å². The second-order valence-corrected chi connectivity index (χ2v) is 6.48. The second-order valence-electron chi connectivity index (χ2n) is 4.68. The zero-order valence-corrected chi connectivity index (χ0v) is 13.6. The van der Waals surface area contributed by atoms with Crippen LogP contribution in [0.2, 0.25) is 4.34 Å². The van der Waals surface area contributed by atoms with E-state index in [0.717, 1.165) is 35.1 Å². The Morgan fingerprint density at radius 1 is 1.37 bits per heavy atom. The summed E-state index contributed by atoms with van der Waals surface area (Å²) in [5, 5.41) is 0. The summed E-state index contributed by atoms with van der Waals surface area (Å²) in [4.78, 5) is 17.2. The first kappa shape index (κ1) is 16.5. The van der Waals surface area contributed by atoms with E-state index in [2.05, 4.69) is 18.7 Å². The number of thiophene rings is 1. The minimum absolute atomic E-state index is 0.169. The summed E-state index contributed by atoms with van der Waals surface area (Å²) < 4.78 is 0.772. The molecule has 1 aromatic rings. The minimum atomic E-state index is 0.169. The third kappa shape index (κ3) is 5.93. The molecule has 0 saturated heterocycles. The first-order valence-electron chi connectivity index (χ1n) is 6.77. The normalized spacial score (nSPS) is 11.0. The highest BCUT2D eigenvalue weighted by atomic mass is 35.5. The number of carbonyl (C=O) groups is 1. The van der Waals surface area contributed by atoms with E-state index in [1.54, 1.807) is 4.90 Å².